The summed E-state index contributed by atoms with van der Waals surface area (Å²) in [5.74, 6) is -6.52. The number of amides is 1. The minimum absolute atomic E-state index is 0. The van der Waals surface area contributed by atoms with Gasteiger partial charge in [0, 0.05) is 19.1 Å². The Labute approximate surface area is 96.4 Å². The number of hydrogen-bond donors (Lipinski definition) is 2. The van der Waals surface area contributed by atoms with Gasteiger partial charge in [0.15, 0.2) is 0 Å². The first kappa shape index (κ1) is 15.4. The van der Waals surface area contributed by atoms with E-state index in [9.17, 15) is 22.4 Å². The summed E-state index contributed by atoms with van der Waals surface area (Å²) < 4.78 is 48.1. The van der Waals surface area contributed by atoms with Crippen LogP contribution in [0.5, 0.6) is 0 Å². The molecule has 0 aliphatic heterocycles. The Kier molecular flexibility index (Phi) is 6.02. The zero-order valence-electron chi connectivity index (χ0n) is 8.31. The van der Waals surface area contributed by atoms with Crippen molar-refractivity contribution in [3.8, 4) is 0 Å². The van der Waals surface area contributed by atoms with E-state index in [4.69, 9.17) is 0 Å². The van der Waals surface area contributed by atoms with E-state index in [1.165, 1.54) is 0 Å². The largest absolute Gasteiger partial charge is 0.383 e. The quantitative estimate of drug-likeness (QED) is 0.559. The topological polar surface area (TPSA) is 41.1 Å². The fourth-order valence-electron chi connectivity index (χ4n) is 0.957. The highest BCUT2D eigenvalue weighted by Gasteiger charge is 2.48. The zero-order chi connectivity index (χ0) is 11.5. The highest BCUT2D eigenvalue weighted by atomic mass is 35.5. The second kappa shape index (κ2) is 6.24. The zero-order valence-corrected chi connectivity index (χ0v) is 9.13. The summed E-state index contributed by atoms with van der Waals surface area (Å²) >= 11 is 0. The molecule has 0 radical (unpaired) electrons. The highest BCUT2D eigenvalue weighted by molar-refractivity contribution is 5.85. The molecule has 0 aromatic heterocycles. The summed E-state index contributed by atoms with van der Waals surface area (Å²) in [6, 6.07) is 0.387. The second-order valence-corrected chi connectivity index (χ2v) is 3.41. The first-order chi connectivity index (χ1) is 6.94. The van der Waals surface area contributed by atoms with Crippen molar-refractivity contribution >= 4 is 18.3 Å². The van der Waals surface area contributed by atoms with Crippen molar-refractivity contribution in [2.45, 2.75) is 31.2 Å². The maximum absolute atomic E-state index is 12.4. The summed E-state index contributed by atoms with van der Waals surface area (Å²) in [6.45, 7) is 0.243. The van der Waals surface area contributed by atoms with Crippen LogP contribution in [0.15, 0.2) is 0 Å². The molecule has 0 aromatic carbocycles. The predicted molar refractivity (Wildman–Crippen MR) is 52.2 cm³/mol. The SMILES string of the molecule is Cl.O=C(NCCNC1CC1)C(F)(F)C(F)F. The molecule has 96 valence electrons. The molecule has 1 aliphatic rings. The lowest BCUT2D eigenvalue weighted by Crippen LogP contribution is -2.47. The lowest BCUT2D eigenvalue weighted by Gasteiger charge is -2.14. The Bertz CT molecular complexity index is 236. The van der Waals surface area contributed by atoms with E-state index < -0.39 is 18.3 Å². The molecule has 0 unspecified atom stereocenters. The molecule has 3 nitrogen and oxygen atoms in total. The molecule has 1 aliphatic carbocycles. The molecule has 0 heterocycles. The number of carbonyl (C=O) groups excluding carboxylic acids is 1. The van der Waals surface area contributed by atoms with E-state index in [0.717, 1.165) is 12.8 Å². The van der Waals surface area contributed by atoms with Gasteiger partial charge >= 0.3 is 12.3 Å². The normalized spacial score (nSPS) is 15.8. The van der Waals surface area contributed by atoms with Gasteiger partial charge in [-0.15, -0.1) is 12.4 Å². The van der Waals surface area contributed by atoms with Gasteiger partial charge in [-0.1, -0.05) is 0 Å². The predicted octanol–water partition coefficient (Wildman–Crippen LogP) is 1.18. The van der Waals surface area contributed by atoms with E-state index in [1.807, 2.05) is 0 Å². The van der Waals surface area contributed by atoms with E-state index in [0.29, 0.717) is 12.6 Å². The maximum Gasteiger partial charge on any atom is 0.383 e. The van der Waals surface area contributed by atoms with Crippen LogP contribution >= 0.6 is 12.4 Å². The fourth-order valence-corrected chi connectivity index (χ4v) is 0.957. The molecule has 1 fully saturated rings. The average Bonchev–Trinajstić information content (AvgIpc) is 2.95. The van der Waals surface area contributed by atoms with Gasteiger partial charge in [0.2, 0.25) is 0 Å². The minimum atomic E-state index is -4.60. The van der Waals surface area contributed by atoms with Gasteiger partial charge in [0.25, 0.3) is 5.91 Å². The fraction of sp³-hybridized carbons (Fsp3) is 0.875. The Morgan fingerprint density at radius 1 is 1.31 bits per heavy atom. The molecule has 0 saturated heterocycles. The minimum Gasteiger partial charge on any atom is -0.349 e. The Hall–Kier alpha value is -0.560. The molecule has 0 atom stereocenters. The lowest BCUT2D eigenvalue weighted by molar-refractivity contribution is -0.169. The molecule has 0 spiro atoms. The first-order valence-corrected chi connectivity index (χ1v) is 4.62. The lowest BCUT2D eigenvalue weighted by atomic mass is 10.3. The van der Waals surface area contributed by atoms with Gasteiger partial charge in [-0.2, -0.15) is 8.78 Å². The monoisotopic (exact) mass is 264 g/mol. The molecular formula is C8H13ClF4N2O. The number of nitrogens with one attached hydrogen (secondary N) is 2. The van der Waals surface area contributed by atoms with Crippen LogP contribution in [0.2, 0.25) is 0 Å². The van der Waals surface area contributed by atoms with Crippen molar-refractivity contribution in [2.75, 3.05) is 13.1 Å². The van der Waals surface area contributed by atoms with Gasteiger partial charge in [-0.05, 0) is 12.8 Å². The number of rotatable bonds is 6. The van der Waals surface area contributed by atoms with Crippen molar-refractivity contribution in [1.29, 1.82) is 0 Å². The standard InChI is InChI=1S/C8H12F4N2O.ClH/c9-6(10)8(11,12)7(15)14-4-3-13-5-1-2-5;/h5-6,13H,1-4H2,(H,14,15);1H. The maximum atomic E-state index is 12.4. The van der Waals surface area contributed by atoms with Crippen molar-refractivity contribution < 1.29 is 22.4 Å². The summed E-state index contributed by atoms with van der Waals surface area (Å²) in [5, 5.41) is 4.70. The number of hydrogen-bond acceptors (Lipinski definition) is 2. The van der Waals surface area contributed by atoms with Crippen LogP contribution in [0.3, 0.4) is 0 Å². The van der Waals surface area contributed by atoms with Crippen LogP contribution in [0.1, 0.15) is 12.8 Å². The molecule has 2 N–H and O–H groups in total. The number of alkyl halides is 4. The van der Waals surface area contributed by atoms with Crippen LogP contribution in [0.25, 0.3) is 0 Å². The third kappa shape index (κ3) is 4.52. The van der Waals surface area contributed by atoms with Gasteiger partial charge in [-0.25, -0.2) is 8.78 Å². The van der Waals surface area contributed by atoms with E-state index >= 15 is 0 Å². The van der Waals surface area contributed by atoms with Gasteiger partial charge in [0.05, 0.1) is 0 Å². The smallest absolute Gasteiger partial charge is 0.349 e. The molecule has 8 heteroatoms. The van der Waals surface area contributed by atoms with Crippen LogP contribution in [-0.2, 0) is 4.79 Å². The molecule has 1 amide bonds. The molecule has 16 heavy (non-hydrogen) atoms. The first-order valence-electron chi connectivity index (χ1n) is 4.62. The highest BCUT2D eigenvalue weighted by Crippen LogP contribution is 2.22. The Morgan fingerprint density at radius 3 is 2.31 bits per heavy atom. The third-order valence-corrected chi connectivity index (χ3v) is 2.00. The van der Waals surface area contributed by atoms with Gasteiger partial charge in [-0.3, -0.25) is 4.79 Å². The molecule has 0 aromatic rings. The van der Waals surface area contributed by atoms with Crippen molar-refractivity contribution in [3.63, 3.8) is 0 Å². The number of carbonyl (C=O) groups is 1. The van der Waals surface area contributed by atoms with Crippen molar-refractivity contribution in [2.24, 2.45) is 0 Å². The number of halogens is 5. The summed E-state index contributed by atoms with van der Waals surface area (Å²) in [6.07, 6.45) is -1.91. The molecule has 1 saturated carbocycles. The molecule has 0 bridgehead atoms. The average molecular weight is 265 g/mol. The summed E-state index contributed by atoms with van der Waals surface area (Å²) in [7, 11) is 0. The van der Waals surface area contributed by atoms with Crippen LogP contribution in [0, 0.1) is 0 Å². The van der Waals surface area contributed by atoms with E-state index in [2.05, 4.69) is 5.32 Å². The molecular weight excluding hydrogens is 252 g/mol. The summed E-state index contributed by atoms with van der Waals surface area (Å²) in [5.41, 5.74) is 0. The second-order valence-electron chi connectivity index (χ2n) is 3.41. The third-order valence-electron chi connectivity index (χ3n) is 2.00. The van der Waals surface area contributed by atoms with Gasteiger partial charge in [0.1, 0.15) is 0 Å². The van der Waals surface area contributed by atoms with Crippen LogP contribution in [0.4, 0.5) is 17.6 Å². The van der Waals surface area contributed by atoms with Crippen molar-refractivity contribution in [3.05, 3.63) is 0 Å². The van der Waals surface area contributed by atoms with Gasteiger partial charge < -0.3 is 10.6 Å². The van der Waals surface area contributed by atoms with E-state index in [-0.39, 0.29) is 19.0 Å². The van der Waals surface area contributed by atoms with Crippen LogP contribution < -0.4 is 10.6 Å². The summed E-state index contributed by atoms with van der Waals surface area (Å²) in [4.78, 5) is 10.6. The van der Waals surface area contributed by atoms with Crippen molar-refractivity contribution in [1.82, 2.24) is 10.6 Å². The Morgan fingerprint density at radius 2 is 1.88 bits per heavy atom. The van der Waals surface area contributed by atoms with E-state index in [1.54, 1.807) is 5.32 Å². The Balaban J connectivity index is 0.00000225. The molecule has 1 rings (SSSR count). The van der Waals surface area contributed by atoms with Crippen LogP contribution in [-0.4, -0.2) is 37.4 Å².